The lowest BCUT2D eigenvalue weighted by atomic mass is 9.85. The molecular weight excluding hydrogens is 464 g/mol. The van der Waals surface area contributed by atoms with Crippen molar-refractivity contribution in [3.8, 4) is 0 Å². The van der Waals surface area contributed by atoms with E-state index in [0.29, 0.717) is 42.7 Å². The Balaban J connectivity index is 1.27. The van der Waals surface area contributed by atoms with Crippen LogP contribution in [0.3, 0.4) is 0 Å². The van der Waals surface area contributed by atoms with Gasteiger partial charge in [-0.2, -0.15) is 0 Å². The fourth-order valence-corrected chi connectivity index (χ4v) is 5.64. The number of rotatable bonds is 5. The van der Waals surface area contributed by atoms with Gasteiger partial charge in [-0.05, 0) is 66.9 Å². The van der Waals surface area contributed by atoms with Crippen molar-refractivity contribution in [1.82, 2.24) is 14.9 Å². The van der Waals surface area contributed by atoms with Crippen LogP contribution in [-0.2, 0) is 15.6 Å². The van der Waals surface area contributed by atoms with Crippen molar-refractivity contribution in [3.05, 3.63) is 96.4 Å². The van der Waals surface area contributed by atoms with E-state index >= 15 is 0 Å². The monoisotopic (exact) mass is 488 g/mol. The van der Waals surface area contributed by atoms with Crippen LogP contribution in [0.25, 0.3) is 10.9 Å². The number of aliphatic hydroxyl groups is 1. The molecule has 178 valence electrons. The highest BCUT2D eigenvalue weighted by Crippen LogP contribution is 2.33. The Kier molecular flexibility index (Phi) is 5.96. The van der Waals surface area contributed by atoms with Crippen LogP contribution in [0.15, 0.2) is 90.2 Å². The van der Waals surface area contributed by atoms with E-state index in [1.165, 1.54) is 6.07 Å². The number of piperidine rings is 1. The topological polar surface area (TPSA) is 112 Å². The van der Waals surface area contributed by atoms with Gasteiger partial charge in [0.05, 0.1) is 11.1 Å². The minimum Gasteiger partial charge on any atom is -0.385 e. The first-order valence-electron chi connectivity index (χ1n) is 11.2. The van der Waals surface area contributed by atoms with Crippen LogP contribution in [0, 0.1) is 0 Å². The lowest BCUT2D eigenvalue weighted by Crippen LogP contribution is -2.45. The van der Waals surface area contributed by atoms with Gasteiger partial charge >= 0.3 is 0 Å². The molecule has 2 aromatic carbocycles. The second-order valence-electron chi connectivity index (χ2n) is 8.57. The number of para-hydroxylation sites is 1. The minimum absolute atomic E-state index is 0.0887. The zero-order chi connectivity index (χ0) is 24.5. The highest BCUT2D eigenvalue weighted by molar-refractivity contribution is 7.93. The largest absolute Gasteiger partial charge is 0.385 e. The maximum Gasteiger partial charge on any atom is 0.264 e. The summed E-state index contributed by atoms with van der Waals surface area (Å²) in [6.07, 6.45) is 5.72. The summed E-state index contributed by atoms with van der Waals surface area (Å²) in [6.45, 7) is 0.834. The summed E-state index contributed by atoms with van der Waals surface area (Å²) in [5.41, 5.74) is 1.02. The van der Waals surface area contributed by atoms with Crippen molar-refractivity contribution in [2.24, 2.45) is 0 Å². The molecule has 1 aliphatic rings. The summed E-state index contributed by atoms with van der Waals surface area (Å²) in [6, 6.07) is 18.5. The molecule has 2 N–H and O–H groups in total. The average molecular weight is 489 g/mol. The highest BCUT2D eigenvalue weighted by Gasteiger charge is 2.35. The lowest BCUT2D eigenvalue weighted by Gasteiger charge is -2.38. The molecule has 1 amide bonds. The summed E-state index contributed by atoms with van der Waals surface area (Å²) in [7, 11) is -3.87. The first-order chi connectivity index (χ1) is 16.9. The normalized spacial score (nSPS) is 15.6. The molecule has 0 radical (unpaired) electrons. The number of amides is 1. The molecule has 0 bridgehead atoms. The van der Waals surface area contributed by atoms with Crippen LogP contribution in [-0.4, -0.2) is 47.4 Å². The Hall–Kier alpha value is -3.82. The van der Waals surface area contributed by atoms with E-state index < -0.39 is 15.6 Å². The van der Waals surface area contributed by atoms with Crippen molar-refractivity contribution < 1.29 is 18.3 Å². The number of carbonyl (C=O) groups excluding carboxylic acids is 1. The van der Waals surface area contributed by atoms with Crippen LogP contribution in [0.4, 0.5) is 5.69 Å². The maximum absolute atomic E-state index is 13.0. The summed E-state index contributed by atoms with van der Waals surface area (Å²) < 4.78 is 28.6. The number of anilines is 1. The third-order valence-electron chi connectivity index (χ3n) is 6.36. The Morgan fingerprint density at radius 1 is 0.914 bits per heavy atom. The second kappa shape index (κ2) is 9.09. The van der Waals surface area contributed by atoms with Crippen LogP contribution < -0.4 is 4.72 Å². The molecule has 8 nitrogen and oxygen atoms in total. The summed E-state index contributed by atoms with van der Waals surface area (Å²) in [5, 5.41) is 11.7. The number of nitrogens with zero attached hydrogens (tertiary/aromatic N) is 3. The quantitative estimate of drug-likeness (QED) is 0.444. The number of hydrogen-bond acceptors (Lipinski definition) is 6. The summed E-state index contributed by atoms with van der Waals surface area (Å²) >= 11 is 0. The zero-order valence-corrected chi connectivity index (χ0v) is 19.6. The predicted octanol–water partition coefficient (Wildman–Crippen LogP) is 3.55. The smallest absolute Gasteiger partial charge is 0.264 e. The fourth-order valence-electron chi connectivity index (χ4n) is 4.40. The average Bonchev–Trinajstić information content (AvgIpc) is 2.89. The molecule has 1 fully saturated rings. The number of fused-ring (bicyclic) bond motifs is 1. The van der Waals surface area contributed by atoms with Gasteiger partial charge in [0.25, 0.3) is 15.9 Å². The van der Waals surface area contributed by atoms with E-state index in [9.17, 15) is 18.3 Å². The first-order valence-corrected chi connectivity index (χ1v) is 12.7. The lowest BCUT2D eigenvalue weighted by molar-refractivity contribution is -0.0212. The van der Waals surface area contributed by atoms with E-state index in [1.54, 1.807) is 84.2 Å². The molecule has 0 unspecified atom stereocenters. The number of pyridine rings is 2. The summed E-state index contributed by atoms with van der Waals surface area (Å²) in [5.74, 6) is -0.158. The van der Waals surface area contributed by atoms with Crippen LogP contribution >= 0.6 is 0 Å². The third-order valence-corrected chi connectivity index (χ3v) is 7.78. The van der Waals surface area contributed by atoms with E-state index in [0.717, 1.165) is 10.9 Å². The SMILES string of the molecule is O=C(c1ccc(NS(=O)(=O)c2cccc3cccnc23)cc1)N1CCC(O)(c2ccncc2)CC1. The van der Waals surface area contributed by atoms with Gasteiger partial charge in [0.1, 0.15) is 4.90 Å². The summed E-state index contributed by atoms with van der Waals surface area (Å²) in [4.78, 5) is 23.0. The fraction of sp³-hybridized carbons (Fsp3) is 0.192. The number of carbonyl (C=O) groups is 1. The van der Waals surface area contributed by atoms with Crippen molar-refractivity contribution in [2.45, 2.75) is 23.3 Å². The van der Waals surface area contributed by atoms with Gasteiger partial charge in [-0.25, -0.2) is 8.42 Å². The van der Waals surface area contributed by atoms with Crippen molar-refractivity contribution >= 4 is 32.5 Å². The van der Waals surface area contributed by atoms with E-state index in [4.69, 9.17) is 0 Å². The van der Waals surface area contributed by atoms with Gasteiger partial charge in [-0.15, -0.1) is 0 Å². The van der Waals surface area contributed by atoms with Crippen molar-refractivity contribution in [1.29, 1.82) is 0 Å². The van der Waals surface area contributed by atoms with Gasteiger partial charge in [-0.3, -0.25) is 19.5 Å². The Bertz CT molecular complexity index is 1460. The number of aromatic nitrogens is 2. The first kappa shape index (κ1) is 22.9. The number of likely N-dealkylation sites (tertiary alicyclic amines) is 1. The van der Waals surface area contributed by atoms with Crippen molar-refractivity contribution in [2.75, 3.05) is 17.8 Å². The van der Waals surface area contributed by atoms with Crippen LogP contribution in [0.1, 0.15) is 28.8 Å². The molecule has 3 heterocycles. The van der Waals surface area contributed by atoms with Crippen LogP contribution in [0.2, 0.25) is 0 Å². The molecule has 1 saturated heterocycles. The predicted molar refractivity (Wildman–Crippen MR) is 132 cm³/mol. The molecule has 0 aliphatic carbocycles. The van der Waals surface area contributed by atoms with E-state index in [1.807, 2.05) is 0 Å². The van der Waals surface area contributed by atoms with Crippen molar-refractivity contribution in [3.63, 3.8) is 0 Å². The third kappa shape index (κ3) is 4.60. The molecular formula is C26H24N4O4S. The Labute approximate surface area is 203 Å². The molecule has 9 heteroatoms. The maximum atomic E-state index is 13.0. The molecule has 1 aliphatic heterocycles. The molecule has 4 aromatic rings. The Morgan fingerprint density at radius 3 is 2.31 bits per heavy atom. The number of benzene rings is 2. The molecule has 0 saturated carbocycles. The molecule has 5 rings (SSSR count). The van der Waals surface area contributed by atoms with Gasteiger partial charge in [0.2, 0.25) is 0 Å². The van der Waals surface area contributed by atoms with Crippen LogP contribution in [0.5, 0.6) is 0 Å². The molecule has 35 heavy (non-hydrogen) atoms. The van der Waals surface area contributed by atoms with Gasteiger partial charge in [0, 0.05) is 48.3 Å². The number of hydrogen-bond donors (Lipinski definition) is 2. The second-order valence-corrected chi connectivity index (χ2v) is 10.2. The molecule has 2 aromatic heterocycles. The van der Waals surface area contributed by atoms with Gasteiger partial charge in [0.15, 0.2) is 0 Å². The molecule has 0 spiro atoms. The van der Waals surface area contributed by atoms with E-state index in [2.05, 4.69) is 14.7 Å². The number of nitrogens with one attached hydrogen (secondary N) is 1. The van der Waals surface area contributed by atoms with Gasteiger partial charge < -0.3 is 10.0 Å². The minimum atomic E-state index is -3.87. The zero-order valence-electron chi connectivity index (χ0n) is 18.8. The Morgan fingerprint density at radius 2 is 1.60 bits per heavy atom. The number of sulfonamides is 1. The van der Waals surface area contributed by atoms with E-state index in [-0.39, 0.29) is 10.8 Å². The van der Waals surface area contributed by atoms with Gasteiger partial charge in [-0.1, -0.05) is 18.2 Å². The standard InChI is InChI=1S/C26H24N4O4S/c31-25(30-17-12-26(32,13-18-30)21-10-15-27-16-11-21)20-6-8-22(9-7-20)29-35(33,34)23-5-1-3-19-4-2-14-28-24(19)23/h1-11,14-16,29,32H,12-13,17-18H2. The molecule has 0 atom stereocenters. The highest BCUT2D eigenvalue weighted by atomic mass is 32.2.